The minimum atomic E-state index is 0.116. The molecule has 0 aliphatic carbocycles. The molecule has 1 N–H and O–H groups in total. The molecule has 6 nitrogen and oxygen atoms in total. The van der Waals surface area contributed by atoms with E-state index in [-0.39, 0.29) is 12.2 Å². The quantitative estimate of drug-likeness (QED) is 0.614. The Morgan fingerprint density at radius 2 is 1.96 bits per heavy atom. The van der Waals surface area contributed by atoms with Gasteiger partial charge in [-0.1, -0.05) is 30.3 Å². The van der Waals surface area contributed by atoms with Gasteiger partial charge in [0, 0.05) is 32.7 Å². The van der Waals surface area contributed by atoms with Crippen molar-refractivity contribution in [3.8, 4) is 0 Å². The fourth-order valence-corrected chi connectivity index (χ4v) is 3.76. The second kappa shape index (κ2) is 9.75. The lowest BCUT2D eigenvalue weighted by Crippen LogP contribution is -2.53. The van der Waals surface area contributed by atoms with Crippen molar-refractivity contribution in [3.05, 3.63) is 60.1 Å². The van der Waals surface area contributed by atoms with E-state index in [0.29, 0.717) is 13.2 Å². The molecule has 0 spiro atoms. The summed E-state index contributed by atoms with van der Waals surface area (Å²) in [4.78, 5) is 7.21. The number of furan rings is 1. The molecule has 0 amide bonds. The lowest BCUT2D eigenvalue weighted by molar-refractivity contribution is -0.0817. The minimum absolute atomic E-state index is 0.116. The van der Waals surface area contributed by atoms with Gasteiger partial charge >= 0.3 is 0 Å². The maximum absolute atomic E-state index is 6.00. The first kappa shape index (κ1) is 19.0. The fourth-order valence-electron chi connectivity index (χ4n) is 3.76. The van der Waals surface area contributed by atoms with Gasteiger partial charge < -0.3 is 24.1 Å². The van der Waals surface area contributed by atoms with Crippen LogP contribution in [0.2, 0.25) is 0 Å². The Morgan fingerprint density at radius 3 is 2.75 bits per heavy atom. The normalized spacial score (nSPS) is 23.1. The maximum atomic E-state index is 6.00. The van der Waals surface area contributed by atoms with E-state index in [1.54, 1.807) is 6.26 Å². The number of nitrogens with one attached hydrogen (secondary N) is 1. The summed E-state index contributed by atoms with van der Waals surface area (Å²) in [7, 11) is 0. The number of guanidine groups is 1. The van der Waals surface area contributed by atoms with E-state index in [2.05, 4.69) is 34.5 Å². The van der Waals surface area contributed by atoms with Crippen LogP contribution >= 0.6 is 0 Å². The van der Waals surface area contributed by atoms with Crippen LogP contribution in [-0.2, 0) is 22.4 Å². The molecule has 3 heterocycles. The van der Waals surface area contributed by atoms with Crippen molar-refractivity contribution in [3.63, 3.8) is 0 Å². The Labute approximate surface area is 166 Å². The molecule has 0 bridgehead atoms. The molecular formula is C22H29N3O3. The summed E-state index contributed by atoms with van der Waals surface area (Å²) in [6.45, 7) is 4.64. The second-order valence-corrected chi connectivity index (χ2v) is 7.29. The molecule has 2 unspecified atom stereocenters. The monoisotopic (exact) mass is 383 g/mol. The summed E-state index contributed by atoms with van der Waals surface area (Å²) in [6.07, 6.45) is 5.08. The molecule has 6 heteroatoms. The van der Waals surface area contributed by atoms with E-state index < -0.39 is 0 Å². The van der Waals surface area contributed by atoms with Crippen LogP contribution in [-0.4, -0.2) is 55.9 Å². The Morgan fingerprint density at radius 1 is 1.07 bits per heavy atom. The molecule has 0 radical (unpaired) electrons. The molecule has 4 rings (SSSR count). The number of ether oxygens (including phenoxy) is 2. The third-order valence-electron chi connectivity index (χ3n) is 5.26. The van der Waals surface area contributed by atoms with E-state index in [4.69, 9.17) is 18.9 Å². The zero-order chi connectivity index (χ0) is 19.0. The Balaban J connectivity index is 1.41. The highest BCUT2D eigenvalue weighted by atomic mass is 16.5. The van der Waals surface area contributed by atoms with Crippen LogP contribution in [0.3, 0.4) is 0 Å². The van der Waals surface area contributed by atoms with Gasteiger partial charge in [0.1, 0.15) is 11.9 Å². The van der Waals surface area contributed by atoms with E-state index in [1.807, 2.05) is 18.2 Å². The molecule has 2 atom stereocenters. The number of benzene rings is 1. The number of nitrogens with zero attached hydrogens (tertiary/aromatic N) is 2. The fraction of sp³-hybridized carbons (Fsp3) is 0.500. The van der Waals surface area contributed by atoms with Gasteiger partial charge in [0.25, 0.3) is 0 Å². The maximum Gasteiger partial charge on any atom is 0.194 e. The molecule has 2 aliphatic rings. The number of rotatable bonds is 6. The van der Waals surface area contributed by atoms with Gasteiger partial charge in [-0.05, 0) is 30.5 Å². The van der Waals surface area contributed by atoms with E-state index in [1.165, 1.54) is 5.56 Å². The van der Waals surface area contributed by atoms with Gasteiger partial charge in [0.05, 0.1) is 25.5 Å². The average Bonchev–Trinajstić information content (AvgIpc) is 3.46. The van der Waals surface area contributed by atoms with Crippen molar-refractivity contribution in [2.24, 2.45) is 4.99 Å². The summed E-state index contributed by atoms with van der Waals surface area (Å²) in [6, 6.07) is 14.3. The predicted molar refractivity (Wildman–Crippen MR) is 108 cm³/mol. The summed E-state index contributed by atoms with van der Waals surface area (Å²) in [5.41, 5.74) is 1.21. The standard InChI is InChI=1S/C22H29N3O3/c1-2-6-18(7-3-1)16-24-22(23-11-10-19-8-4-13-26-19)25-12-15-28-21(17-25)20-9-5-14-27-20/h1-4,6-8,13,20-21H,5,9-12,14-17H2,(H,23,24). The zero-order valence-electron chi connectivity index (χ0n) is 16.3. The van der Waals surface area contributed by atoms with Crippen LogP contribution in [0.5, 0.6) is 0 Å². The number of aliphatic imine (C=N–C) groups is 1. The highest BCUT2D eigenvalue weighted by Gasteiger charge is 2.32. The Kier molecular flexibility index (Phi) is 6.63. The van der Waals surface area contributed by atoms with Gasteiger partial charge in [0.15, 0.2) is 5.96 Å². The topological polar surface area (TPSA) is 59.2 Å². The summed E-state index contributed by atoms with van der Waals surface area (Å²) in [5, 5.41) is 3.53. The summed E-state index contributed by atoms with van der Waals surface area (Å²) < 4.78 is 17.3. The van der Waals surface area contributed by atoms with Crippen LogP contribution in [0.4, 0.5) is 0 Å². The molecule has 1 aromatic carbocycles. The van der Waals surface area contributed by atoms with Gasteiger partial charge in [-0.2, -0.15) is 0 Å². The second-order valence-electron chi connectivity index (χ2n) is 7.29. The van der Waals surface area contributed by atoms with E-state index in [9.17, 15) is 0 Å². The van der Waals surface area contributed by atoms with Crippen LogP contribution < -0.4 is 5.32 Å². The molecule has 150 valence electrons. The number of morpholine rings is 1. The third kappa shape index (κ3) is 5.14. The SMILES string of the molecule is c1ccc(CN=C(NCCc2ccco2)N2CCOC(C3CCCO3)C2)cc1. The van der Waals surface area contributed by atoms with Crippen LogP contribution in [0, 0.1) is 0 Å². The van der Waals surface area contributed by atoms with Crippen LogP contribution in [0.25, 0.3) is 0 Å². The molecule has 2 aromatic rings. The first-order valence-electron chi connectivity index (χ1n) is 10.2. The predicted octanol–water partition coefficient (Wildman–Crippen LogP) is 2.85. The van der Waals surface area contributed by atoms with Gasteiger partial charge in [-0.3, -0.25) is 0 Å². The largest absolute Gasteiger partial charge is 0.469 e. The van der Waals surface area contributed by atoms with Crippen molar-refractivity contribution in [2.45, 2.75) is 38.0 Å². The van der Waals surface area contributed by atoms with Gasteiger partial charge in [0.2, 0.25) is 0 Å². The highest BCUT2D eigenvalue weighted by molar-refractivity contribution is 5.80. The molecule has 2 saturated heterocycles. The minimum Gasteiger partial charge on any atom is -0.469 e. The third-order valence-corrected chi connectivity index (χ3v) is 5.26. The van der Waals surface area contributed by atoms with Crippen LogP contribution in [0.1, 0.15) is 24.2 Å². The van der Waals surface area contributed by atoms with Gasteiger partial charge in [-0.25, -0.2) is 4.99 Å². The van der Waals surface area contributed by atoms with Crippen molar-refractivity contribution >= 4 is 5.96 Å². The highest BCUT2D eigenvalue weighted by Crippen LogP contribution is 2.21. The molecule has 1 aromatic heterocycles. The molecule has 2 aliphatic heterocycles. The lowest BCUT2D eigenvalue weighted by Gasteiger charge is -2.37. The number of hydrogen-bond acceptors (Lipinski definition) is 4. The molecular weight excluding hydrogens is 354 g/mol. The smallest absolute Gasteiger partial charge is 0.194 e. The molecule has 28 heavy (non-hydrogen) atoms. The summed E-state index contributed by atoms with van der Waals surface area (Å²) >= 11 is 0. The lowest BCUT2D eigenvalue weighted by atomic mass is 10.1. The Bertz CT molecular complexity index is 727. The van der Waals surface area contributed by atoms with Crippen LogP contribution in [0.15, 0.2) is 58.1 Å². The number of hydrogen-bond donors (Lipinski definition) is 1. The average molecular weight is 383 g/mol. The van der Waals surface area contributed by atoms with E-state index >= 15 is 0 Å². The van der Waals surface area contributed by atoms with E-state index in [0.717, 1.165) is 57.2 Å². The molecule has 2 fully saturated rings. The van der Waals surface area contributed by atoms with Gasteiger partial charge in [-0.15, -0.1) is 0 Å². The first-order valence-corrected chi connectivity index (χ1v) is 10.2. The van der Waals surface area contributed by atoms with Crippen molar-refractivity contribution in [2.75, 3.05) is 32.8 Å². The molecule has 0 saturated carbocycles. The summed E-state index contributed by atoms with van der Waals surface area (Å²) in [5.74, 6) is 1.91. The zero-order valence-corrected chi connectivity index (χ0v) is 16.3. The Hall–Kier alpha value is -2.31. The van der Waals surface area contributed by atoms with Crippen molar-refractivity contribution in [1.29, 1.82) is 0 Å². The van der Waals surface area contributed by atoms with Crippen molar-refractivity contribution in [1.82, 2.24) is 10.2 Å². The van der Waals surface area contributed by atoms with Crippen molar-refractivity contribution < 1.29 is 13.9 Å². The first-order chi connectivity index (χ1) is 13.9.